The van der Waals surface area contributed by atoms with E-state index in [1.807, 2.05) is 0 Å². The smallest absolute Gasteiger partial charge is 0.416 e. The lowest BCUT2D eigenvalue weighted by atomic mass is 10.2. The van der Waals surface area contributed by atoms with Crippen molar-refractivity contribution in [3.05, 3.63) is 47.9 Å². The summed E-state index contributed by atoms with van der Waals surface area (Å²) >= 11 is 0. The Morgan fingerprint density at radius 2 is 2.04 bits per heavy atom. The normalized spacial score (nSPS) is 17.4. The molecule has 0 radical (unpaired) electrons. The maximum Gasteiger partial charge on any atom is 0.416 e. The summed E-state index contributed by atoms with van der Waals surface area (Å²) in [6.07, 6.45) is -2.12. The van der Waals surface area contributed by atoms with Crippen LogP contribution in [0.4, 0.5) is 24.7 Å². The van der Waals surface area contributed by atoms with E-state index in [0.717, 1.165) is 18.3 Å². The summed E-state index contributed by atoms with van der Waals surface area (Å²) in [4.78, 5) is 31.8. The number of nitrogens with zero attached hydrogens (tertiary/aromatic N) is 3. The Hall–Kier alpha value is -3.17. The predicted octanol–water partition coefficient (Wildman–Crippen LogP) is 2.41. The van der Waals surface area contributed by atoms with E-state index in [1.54, 1.807) is 0 Å². The third-order valence-corrected chi connectivity index (χ3v) is 3.83. The number of hydrogen-bond donors (Lipinski definition) is 2. The monoisotopic (exact) mass is 366 g/mol. The highest BCUT2D eigenvalue weighted by Crippen LogP contribution is 2.33. The summed E-state index contributed by atoms with van der Waals surface area (Å²) < 4.78 is 38.5. The molecule has 1 fully saturated rings. The number of benzene rings is 1. The first kappa shape index (κ1) is 17.6. The van der Waals surface area contributed by atoms with Crippen molar-refractivity contribution in [3.8, 4) is 0 Å². The molecule has 26 heavy (non-hydrogen) atoms. The zero-order chi connectivity index (χ0) is 18.9. The first-order chi connectivity index (χ1) is 12.2. The molecule has 2 N–H and O–H groups in total. The van der Waals surface area contributed by atoms with Crippen molar-refractivity contribution < 1.29 is 27.9 Å². The molecule has 3 rings (SSSR count). The molecule has 1 aromatic heterocycles. The van der Waals surface area contributed by atoms with E-state index in [-0.39, 0.29) is 42.1 Å². The second-order valence-electron chi connectivity index (χ2n) is 5.69. The number of carboxylic acids is 1. The Labute approximate surface area is 145 Å². The third-order valence-electron chi connectivity index (χ3n) is 3.83. The average Bonchev–Trinajstić information content (AvgIpc) is 2.95. The Morgan fingerprint density at radius 1 is 1.27 bits per heavy atom. The minimum Gasteiger partial charge on any atom is -0.476 e. The molecule has 1 aliphatic heterocycles. The number of aromatic nitrogens is 2. The molecule has 0 spiro atoms. The Morgan fingerprint density at radius 3 is 2.65 bits per heavy atom. The number of nitrogens with one attached hydrogen (secondary N) is 1. The number of anilines is 2. The van der Waals surface area contributed by atoms with Crippen molar-refractivity contribution in [2.24, 2.45) is 0 Å². The van der Waals surface area contributed by atoms with Crippen LogP contribution < -0.4 is 10.2 Å². The van der Waals surface area contributed by atoms with Crippen LogP contribution in [-0.2, 0) is 11.0 Å². The summed E-state index contributed by atoms with van der Waals surface area (Å²) in [5.74, 6) is -1.26. The highest BCUT2D eigenvalue weighted by molar-refractivity contribution is 5.96. The molecular weight excluding hydrogens is 353 g/mol. The van der Waals surface area contributed by atoms with Gasteiger partial charge in [0.15, 0.2) is 5.69 Å². The van der Waals surface area contributed by atoms with Crippen LogP contribution in [0.5, 0.6) is 0 Å². The van der Waals surface area contributed by atoms with E-state index < -0.39 is 17.7 Å². The standard InChI is InChI=1S/C16H13F3N4O3/c17-16(18,19)9-2-1-3-11(4-9)23-8-10(5-14(23)24)22-13-7-20-12(6-21-13)15(25)26/h1-4,6-7,10H,5,8H2,(H,21,22)(H,25,26). The maximum absolute atomic E-state index is 12.8. The summed E-state index contributed by atoms with van der Waals surface area (Å²) in [6, 6.07) is 4.18. The van der Waals surface area contributed by atoms with Crippen molar-refractivity contribution >= 4 is 23.4 Å². The minimum atomic E-state index is -4.49. The molecule has 10 heteroatoms. The number of aromatic carboxylic acids is 1. The van der Waals surface area contributed by atoms with Crippen molar-refractivity contribution in [1.29, 1.82) is 0 Å². The van der Waals surface area contributed by atoms with Gasteiger partial charge in [0.1, 0.15) is 5.82 Å². The molecule has 2 heterocycles. The average molecular weight is 366 g/mol. The Bertz CT molecular complexity index is 839. The number of alkyl halides is 3. The molecule has 1 aromatic carbocycles. The molecule has 136 valence electrons. The third kappa shape index (κ3) is 3.73. The van der Waals surface area contributed by atoms with Crippen molar-refractivity contribution in [3.63, 3.8) is 0 Å². The molecule has 2 aromatic rings. The predicted molar refractivity (Wildman–Crippen MR) is 84.8 cm³/mol. The lowest BCUT2D eigenvalue weighted by Gasteiger charge is -2.19. The van der Waals surface area contributed by atoms with Gasteiger partial charge in [-0.15, -0.1) is 0 Å². The number of halogens is 3. The van der Waals surface area contributed by atoms with Crippen molar-refractivity contribution in [1.82, 2.24) is 9.97 Å². The molecule has 0 aliphatic carbocycles. The zero-order valence-corrected chi connectivity index (χ0v) is 13.2. The second kappa shape index (κ2) is 6.62. The van der Waals surface area contributed by atoms with Crippen molar-refractivity contribution in [2.75, 3.05) is 16.8 Å². The van der Waals surface area contributed by atoms with E-state index in [2.05, 4.69) is 15.3 Å². The number of carbonyl (C=O) groups excluding carboxylic acids is 1. The van der Waals surface area contributed by atoms with Crippen LogP contribution in [-0.4, -0.2) is 39.5 Å². The molecular formula is C16H13F3N4O3. The van der Waals surface area contributed by atoms with Crippen LogP contribution in [0.25, 0.3) is 0 Å². The number of rotatable bonds is 4. The number of carboxylic acid groups (broad SMARTS) is 1. The van der Waals surface area contributed by atoms with Gasteiger partial charge in [-0.1, -0.05) is 6.07 Å². The first-order valence-corrected chi connectivity index (χ1v) is 7.53. The van der Waals surface area contributed by atoms with Gasteiger partial charge in [0.05, 0.1) is 24.0 Å². The van der Waals surface area contributed by atoms with Gasteiger partial charge in [0.25, 0.3) is 0 Å². The fourth-order valence-electron chi connectivity index (χ4n) is 2.63. The van der Waals surface area contributed by atoms with Gasteiger partial charge in [-0.3, -0.25) is 4.79 Å². The summed E-state index contributed by atoms with van der Waals surface area (Å²) in [5, 5.41) is 11.7. The fourth-order valence-corrected chi connectivity index (χ4v) is 2.63. The maximum atomic E-state index is 12.8. The minimum absolute atomic E-state index is 0.0681. The van der Waals surface area contributed by atoms with Crippen LogP contribution in [0, 0.1) is 0 Å². The topological polar surface area (TPSA) is 95.4 Å². The van der Waals surface area contributed by atoms with Crippen LogP contribution in [0.15, 0.2) is 36.7 Å². The van der Waals surface area contributed by atoms with Gasteiger partial charge in [-0.2, -0.15) is 13.2 Å². The van der Waals surface area contributed by atoms with Crippen LogP contribution in [0.1, 0.15) is 22.5 Å². The van der Waals surface area contributed by atoms with Crippen molar-refractivity contribution in [2.45, 2.75) is 18.6 Å². The van der Waals surface area contributed by atoms with Gasteiger partial charge in [0, 0.05) is 18.7 Å². The second-order valence-corrected chi connectivity index (χ2v) is 5.69. The number of amides is 1. The van der Waals surface area contributed by atoms with Gasteiger partial charge in [0.2, 0.25) is 5.91 Å². The molecule has 1 amide bonds. The Balaban J connectivity index is 1.72. The van der Waals surface area contributed by atoms with E-state index in [0.29, 0.717) is 0 Å². The lowest BCUT2D eigenvalue weighted by molar-refractivity contribution is -0.137. The molecule has 1 saturated heterocycles. The first-order valence-electron chi connectivity index (χ1n) is 7.53. The molecule has 0 bridgehead atoms. The summed E-state index contributed by atoms with van der Waals surface area (Å²) in [7, 11) is 0. The lowest BCUT2D eigenvalue weighted by Crippen LogP contribution is -2.28. The highest BCUT2D eigenvalue weighted by atomic mass is 19.4. The van der Waals surface area contributed by atoms with Crippen LogP contribution in [0.3, 0.4) is 0 Å². The van der Waals surface area contributed by atoms with E-state index >= 15 is 0 Å². The molecule has 1 unspecified atom stereocenters. The van der Waals surface area contributed by atoms with Crippen LogP contribution in [0.2, 0.25) is 0 Å². The quantitative estimate of drug-likeness (QED) is 0.863. The van der Waals surface area contributed by atoms with Gasteiger partial charge in [-0.05, 0) is 18.2 Å². The Kier molecular flexibility index (Phi) is 4.49. The van der Waals surface area contributed by atoms with E-state index in [9.17, 15) is 22.8 Å². The SMILES string of the molecule is O=C(O)c1cnc(NC2CC(=O)N(c3cccc(C(F)(F)F)c3)C2)cn1. The highest BCUT2D eigenvalue weighted by Gasteiger charge is 2.34. The van der Waals surface area contributed by atoms with E-state index in [1.165, 1.54) is 23.2 Å². The number of hydrogen-bond acceptors (Lipinski definition) is 5. The van der Waals surface area contributed by atoms with Gasteiger partial charge >= 0.3 is 12.1 Å². The summed E-state index contributed by atoms with van der Waals surface area (Å²) in [6.45, 7) is 0.155. The van der Waals surface area contributed by atoms with Gasteiger partial charge in [-0.25, -0.2) is 14.8 Å². The molecule has 1 atom stereocenters. The molecule has 7 nitrogen and oxygen atoms in total. The largest absolute Gasteiger partial charge is 0.476 e. The summed E-state index contributed by atoms with van der Waals surface area (Å²) in [5.41, 5.74) is -0.876. The fraction of sp³-hybridized carbons (Fsp3) is 0.250. The van der Waals surface area contributed by atoms with Gasteiger partial charge < -0.3 is 15.3 Å². The molecule has 1 aliphatic rings. The van der Waals surface area contributed by atoms with Crippen LogP contribution >= 0.6 is 0 Å². The molecule has 0 saturated carbocycles. The van der Waals surface area contributed by atoms with E-state index in [4.69, 9.17) is 5.11 Å². The zero-order valence-electron chi connectivity index (χ0n) is 13.2. The number of carbonyl (C=O) groups is 2.